The molecule has 0 atom stereocenters. The lowest BCUT2D eigenvalue weighted by Crippen LogP contribution is -2.18. The molecule has 3 heteroatoms. The summed E-state index contributed by atoms with van der Waals surface area (Å²) in [6.07, 6.45) is 6.02. The van der Waals surface area contributed by atoms with Gasteiger partial charge >= 0.3 is 0 Å². The van der Waals surface area contributed by atoms with Crippen molar-refractivity contribution in [3.63, 3.8) is 0 Å². The first kappa shape index (κ1) is 13.0. The van der Waals surface area contributed by atoms with E-state index in [2.05, 4.69) is 29.9 Å². The Kier molecular flexibility index (Phi) is 5.90. The van der Waals surface area contributed by atoms with E-state index in [4.69, 9.17) is 4.42 Å². The van der Waals surface area contributed by atoms with Gasteiger partial charge in [0.2, 0.25) is 0 Å². The van der Waals surface area contributed by atoms with Gasteiger partial charge in [0, 0.05) is 12.1 Å². The van der Waals surface area contributed by atoms with Gasteiger partial charge in [-0.2, -0.15) is 0 Å². The molecule has 0 fully saturated rings. The van der Waals surface area contributed by atoms with E-state index in [-0.39, 0.29) is 0 Å². The van der Waals surface area contributed by atoms with Crippen LogP contribution >= 0.6 is 0 Å². The molecule has 0 radical (unpaired) electrons. The fourth-order valence-corrected chi connectivity index (χ4v) is 1.66. The Morgan fingerprint density at radius 3 is 3.06 bits per heavy atom. The highest BCUT2D eigenvalue weighted by Gasteiger charge is 2.04. The first-order valence-electron chi connectivity index (χ1n) is 5.76. The molecule has 0 aliphatic heterocycles. The van der Waals surface area contributed by atoms with Crippen molar-refractivity contribution in [3.8, 4) is 0 Å². The predicted octanol–water partition coefficient (Wildman–Crippen LogP) is 2.40. The number of hydrogen-bond donors (Lipinski definition) is 1. The van der Waals surface area contributed by atoms with E-state index in [0.717, 1.165) is 38.2 Å². The maximum absolute atomic E-state index is 5.49. The van der Waals surface area contributed by atoms with Crippen LogP contribution in [-0.2, 0) is 13.1 Å². The number of nitrogens with one attached hydrogen (secondary N) is 1. The van der Waals surface area contributed by atoms with Crippen LogP contribution in [0.4, 0.5) is 0 Å². The molecule has 0 aliphatic rings. The third-order valence-corrected chi connectivity index (χ3v) is 2.46. The lowest BCUT2D eigenvalue weighted by Gasteiger charge is -2.13. The Balaban J connectivity index is 2.31. The molecule has 0 saturated carbocycles. The van der Waals surface area contributed by atoms with Crippen molar-refractivity contribution in [2.75, 3.05) is 20.6 Å². The Morgan fingerprint density at radius 2 is 2.38 bits per heavy atom. The average molecular weight is 222 g/mol. The monoisotopic (exact) mass is 222 g/mol. The van der Waals surface area contributed by atoms with Gasteiger partial charge in [-0.25, -0.2) is 0 Å². The summed E-state index contributed by atoms with van der Waals surface area (Å²) in [5.41, 5.74) is 1.21. The predicted molar refractivity (Wildman–Crippen MR) is 67.2 cm³/mol. The first-order chi connectivity index (χ1) is 7.76. The smallest absolute Gasteiger partial charge is 0.118 e. The van der Waals surface area contributed by atoms with Crippen molar-refractivity contribution in [1.29, 1.82) is 0 Å². The van der Waals surface area contributed by atoms with Crippen LogP contribution in [0.5, 0.6) is 0 Å². The minimum Gasteiger partial charge on any atom is -0.468 e. The zero-order valence-electron chi connectivity index (χ0n) is 10.3. The largest absolute Gasteiger partial charge is 0.468 e. The normalized spacial score (nSPS) is 10.9. The lowest BCUT2D eigenvalue weighted by atomic mass is 10.2. The van der Waals surface area contributed by atoms with Crippen LogP contribution in [0.15, 0.2) is 29.4 Å². The number of allylic oxidation sites excluding steroid dienone is 1. The summed E-state index contributed by atoms with van der Waals surface area (Å²) >= 11 is 0. The number of furan rings is 1. The highest BCUT2D eigenvalue weighted by molar-refractivity contribution is 5.12. The van der Waals surface area contributed by atoms with Crippen molar-refractivity contribution >= 4 is 0 Å². The molecule has 3 nitrogen and oxygen atoms in total. The molecule has 0 spiro atoms. The number of nitrogens with zero attached hydrogens (tertiary/aromatic N) is 1. The second-order valence-electron chi connectivity index (χ2n) is 4.12. The van der Waals surface area contributed by atoms with Crippen molar-refractivity contribution in [2.45, 2.75) is 25.9 Å². The van der Waals surface area contributed by atoms with E-state index in [1.807, 2.05) is 19.4 Å². The van der Waals surface area contributed by atoms with Crippen molar-refractivity contribution < 1.29 is 4.42 Å². The van der Waals surface area contributed by atoms with Crippen LogP contribution in [0.1, 0.15) is 24.2 Å². The standard InChI is InChI=1S/C13H22N2O/c1-4-5-6-7-15(3)10-13-8-12(9-14-2)11-16-13/h4,8,11,14H,1,5-7,9-10H2,2-3H3. The molecule has 90 valence electrons. The molecule has 1 aromatic rings. The van der Waals surface area contributed by atoms with Crippen LogP contribution in [0.3, 0.4) is 0 Å². The van der Waals surface area contributed by atoms with Crippen LogP contribution in [0.2, 0.25) is 0 Å². The molecule has 1 rings (SSSR count). The van der Waals surface area contributed by atoms with Gasteiger partial charge in [0.25, 0.3) is 0 Å². The topological polar surface area (TPSA) is 28.4 Å². The molecular weight excluding hydrogens is 200 g/mol. The van der Waals surface area contributed by atoms with Gasteiger partial charge in [-0.05, 0) is 39.5 Å². The van der Waals surface area contributed by atoms with E-state index in [1.165, 1.54) is 5.56 Å². The molecule has 0 saturated heterocycles. The van der Waals surface area contributed by atoms with E-state index in [9.17, 15) is 0 Å². The van der Waals surface area contributed by atoms with Crippen LogP contribution in [-0.4, -0.2) is 25.5 Å². The summed E-state index contributed by atoms with van der Waals surface area (Å²) in [5.74, 6) is 1.03. The molecule has 1 N–H and O–H groups in total. The van der Waals surface area contributed by atoms with Gasteiger partial charge in [-0.15, -0.1) is 6.58 Å². The fraction of sp³-hybridized carbons (Fsp3) is 0.538. The van der Waals surface area contributed by atoms with Crippen molar-refractivity contribution in [3.05, 3.63) is 36.3 Å². The molecule has 0 aliphatic carbocycles. The SMILES string of the molecule is C=CCCCN(C)Cc1cc(CNC)co1. The van der Waals surface area contributed by atoms with Gasteiger partial charge < -0.3 is 9.73 Å². The highest BCUT2D eigenvalue weighted by atomic mass is 16.3. The zero-order valence-corrected chi connectivity index (χ0v) is 10.3. The van der Waals surface area contributed by atoms with Gasteiger partial charge in [0.05, 0.1) is 12.8 Å². The molecule has 0 aromatic carbocycles. The van der Waals surface area contributed by atoms with E-state index in [1.54, 1.807) is 0 Å². The molecule has 0 amide bonds. The number of hydrogen-bond acceptors (Lipinski definition) is 3. The summed E-state index contributed by atoms with van der Waals surface area (Å²) in [5, 5.41) is 3.11. The summed E-state index contributed by atoms with van der Waals surface area (Å²) in [6.45, 7) is 6.54. The van der Waals surface area contributed by atoms with E-state index >= 15 is 0 Å². The first-order valence-corrected chi connectivity index (χ1v) is 5.76. The molecule has 1 heterocycles. The Bertz CT molecular complexity index is 307. The molecule has 0 unspecified atom stereocenters. The van der Waals surface area contributed by atoms with Crippen LogP contribution < -0.4 is 5.32 Å². The zero-order chi connectivity index (χ0) is 11.8. The van der Waals surface area contributed by atoms with Gasteiger partial charge in [0.1, 0.15) is 5.76 Å². The lowest BCUT2D eigenvalue weighted by molar-refractivity contribution is 0.292. The Labute approximate surface area is 98.1 Å². The van der Waals surface area contributed by atoms with Crippen LogP contribution in [0.25, 0.3) is 0 Å². The molecule has 16 heavy (non-hydrogen) atoms. The van der Waals surface area contributed by atoms with Gasteiger partial charge in [-0.3, -0.25) is 4.90 Å². The number of rotatable bonds is 8. The van der Waals surface area contributed by atoms with Gasteiger partial charge in [0.15, 0.2) is 0 Å². The summed E-state index contributed by atoms with van der Waals surface area (Å²) in [6, 6.07) is 2.11. The quantitative estimate of drug-likeness (QED) is 0.541. The highest BCUT2D eigenvalue weighted by Crippen LogP contribution is 2.10. The summed E-state index contributed by atoms with van der Waals surface area (Å²) in [4.78, 5) is 2.27. The maximum atomic E-state index is 5.49. The Morgan fingerprint density at radius 1 is 1.56 bits per heavy atom. The molecule has 1 aromatic heterocycles. The second-order valence-corrected chi connectivity index (χ2v) is 4.12. The van der Waals surface area contributed by atoms with Crippen molar-refractivity contribution in [1.82, 2.24) is 10.2 Å². The van der Waals surface area contributed by atoms with E-state index < -0.39 is 0 Å². The maximum Gasteiger partial charge on any atom is 0.118 e. The van der Waals surface area contributed by atoms with Crippen LogP contribution in [0, 0.1) is 0 Å². The number of unbranched alkanes of at least 4 members (excludes halogenated alkanes) is 1. The minimum absolute atomic E-state index is 0.865. The van der Waals surface area contributed by atoms with E-state index in [0.29, 0.717) is 0 Å². The Hall–Kier alpha value is -1.06. The minimum atomic E-state index is 0.865. The third-order valence-electron chi connectivity index (χ3n) is 2.46. The molecular formula is C13H22N2O. The second kappa shape index (κ2) is 7.25. The van der Waals surface area contributed by atoms with Gasteiger partial charge in [-0.1, -0.05) is 6.08 Å². The average Bonchev–Trinajstić information content (AvgIpc) is 2.66. The molecule has 0 bridgehead atoms. The van der Waals surface area contributed by atoms with Crippen molar-refractivity contribution in [2.24, 2.45) is 0 Å². The summed E-state index contributed by atoms with van der Waals surface area (Å²) < 4.78 is 5.49. The fourth-order valence-electron chi connectivity index (χ4n) is 1.66. The third kappa shape index (κ3) is 4.64. The summed E-state index contributed by atoms with van der Waals surface area (Å²) in [7, 11) is 4.05.